The zero-order chi connectivity index (χ0) is 12.6. The first-order valence-corrected chi connectivity index (χ1v) is 6.33. The number of aryl methyl sites for hydroxylation is 1. The predicted octanol–water partition coefficient (Wildman–Crippen LogP) is 2.33. The van der Waals surface area contributed by atoms with E-state index in [1.165, 1.54) is 0 Å². The van der Waals surface area contributed by atoms with Crippen LogP contribution in [0.4, 0.5) is 5.69 Å². The SMILES string of the molecule is S=C(NCCCc1ncc[nH]1)Nc1ccccc1. The van der Waals surface area contributed by atoms with E-state index in [2.05, 4.69) is 20.6 Å². The number of rotatable bonds is 5. The number of anilines is 1. The van der Waals surface area contributed by atoms with Gasteiger partial charge in [0.05, 0.1) is 0 Å². The van der Waals surface area contributed by atoms with E-state index in [9.17, 15) is 0 Å². The minimum Gasteiger partial charge on any atom is -0.362 e. The van der Waals surface area contributed by atoms with Crippen molar-refractivity contribution in [2.24, 2.45) is 0 Å². The summed E-state index contributed by atoms with van der Waals surface area (Å²) < 4.78 is 0. The van der Waals surface area contributed by atoms with E-state index in [1.807, 2.05) is 36.5 Å². The van der Waals surface area contributed by atoms with E-state index >= 15 is 0 Å². The maximum absolute atomic E-state index is 5.20. The van der Waals surface area contributed by atoms with Gasteiger partial charge in [-0.25, -0.2) is 4.98 Å². The van der Waals surface area contributed by atoms with Gasteiger partial charge < -0.3 is 15.6 Å². The number of benzene rings is 1. The molecular weight excluding hydrogens is 244 g/mol. The number of thiocarbonyl (C=S) groups is 1. The molecule has 1 aromatic heterocycles. The van der Waals surface area contributed by atoms with Gasteiger partial charge in [-0.3, -0.25) is 0 Å². The lowest BCUT2D eigenvalue weighted by atomic mass is 10.3. The number of nitrogens with one attached hydrogen (secondary N) is 3. The summed E-state index contributed by atoms with van der Waals surface area (Å²) in [5.74, 6) is 1.01. The van der Waals surface area contributed by atoms with Crippen LogP contribution in [0.15, 0.2) is 42.7 Å². The van der Waals surface area contributed by atoms with E-state index in [0.29, 0.717) is 5.11 Å². The van der Waals surface area contributed by atoms with Crippen molar-refractivity contribution < 1.29 is 0 Å². The molecule has 3 N–H and O–H groups in total. The molecule has 0 fully saturated rings. The molecule has 0 aliphatic rings. The highest BCUT2D eigenvalue weighted by atomic mass is 32.1. The number of imidazole rings is 1. The average molecular weight is 260 g/mol. The van der Waals surface area contributed by atoms with Crippen LogP contribution in [-0.2, 0) is 6.42 Å². The van der Waals surface area contributed by atoms with Crippen LogP contribution in [0.3, 0.4) is 0 Å². The van der Waals surface area contributed by atoms with E-state index in [4.69, 9.17) is 12.2 Å². The number of hydrogen-bond donors (Lipinski definition) is 3. The molecule has 0 atom stereocenters. The van der Waals surface area contributed by atoms with Crippen LogP contribution in [0.5, 0.6) is 0 Å². The highest BCUT2D eigenvalue weighted by molar-refractivity contribution is 7.80. The van der Waals surface area contributed by atoms with Gasteiger partial charge in [-0.05, 0) is 30.8 Å². The molecule has 1 heterocycles. The summed E-state index contributed by atoms with van der Waals surface area (Å²) >= 11 is 5.20. The lowest BCUT2D eigenvalue weighted by Gasteiger charge is -2.09. The number of nitrogens with zero attached hydrogens (tertiary/aromatic N) is 1. The number of aromatic amines is 1. The molecule has 2 aromatic rings. The standard InChI is InChI=1S/C13H16N4S/c18-13(17-11-5-2-1-3-6-11)16-8-4-7-12-14-9-10-15-12/h1-3,5-6,9-10H,4,7-8H2,(H,14,15)(H2,16,17,18). The Morgan fingerprint density at radius 2 is 2.11 bits per heavy atom. The van der Waals surface area contributed by atoms with Crippen molar-refractivity contribution >= 4 is 23.0 Å². The Morgan fingerprint density at radius 3 is 2.83 bits per heavy atom. The molecule has 0 aliphatic heterocycles. The van der Waals surface area contributed by atoms with E-state index in [-0.39, 0.29) is 0 Å². The lowest BCUT2D eigenvalue weighted by Crippen LogP contribution is -2.29. The Kier molecular flexibility index (Phi) is 4.72. The fraction of sp³-hybridized carbons (Fsp3) is 0.231. The fourth-order valence-electron chi connectivity index (χ4n) is 1.59. The fourth-order valence-corrected chi connectivity index (χ4v) is 1.81. The number of H-pyrrole nitrogens is 1. The number of para-hydroxylation sites is 1. The average Bonchev–Trinajstić information content (AvgIpc) is 2.89. The van der Waals surface area contributed by atoms with Crippen LogP contribution < -0.4 is 10.6 Å². The minimum absolute atomic E-state index is 0.653. The van der Waals surface area contributed by atoms with Crippen molar-refractivity contribution in [3.05, 3.63) is 48.5 Å². The van der Waals surface area contributed by atoms with Gasteiger partial charge in [0.2, 0.25) is 0 Å². The van der Waals surface area contributed by atoms with E-state index < -0.39 is 0 Å². The first-order valence-electron chi connectivity index (χ1n) is 5.93. The molecule has 0 amide bonds. The first-order chi connectivity index (χ1) is 8.84. The summed E-state index contributed by atoms with van der Waals surface area (Å²) in [7, 11) is 0. The summed E-state index contributed by atoms with van der Waals surface area (Å²) in [4.78, 5) is 7.25. The summed E-state index contributed by atoms with van der Waals surface area (Å²) in [5, 5.41) is 6.96. The number of aromatic nitrogens is 2. The van der Waals surface area contributed by atoms with Gasteiger partial charge in [0.15, 0.2) is 5.11 Å². The third-order valence-corrected chi connectivity index (χ3v) is 2.71. The third-order valence-electron chi connectivity index (χ3n) is 2.46. The van der Waals surface area contributed by atoms with Crippen LogP contribution in [0, 0.1) is 0 Å². The third kappa shape index (κ3) is 4.18. The Labute approximate surface area is 112 Å². The van der Waals surface area contributed by atoms with Crippen LogP contribution >= 0.6 is 12.2 Å². The summed E-state index contributed by atoms with van der Waals surface area (Å²) in [5.41, 5.74) is 1.00. The molecule has 5 heteroatoms. The second kappa shape index (κ2) is 6.76. The maximum atomic E-state index is 5.20. The zero-order valence-corrected chi connectivity index (χ0v) is 10.8. The molecular formula is C13H16N4S. The highest BCUT2D eigenvalue weighted by Crippen LogP contribution is 2.04. The molecule has 0 radical (unpaired) electrons. The van der Waals surface area contributed by atoms with Gasteiger partial charge in [0.25, 0.3) is 0 Å². The number of hydrogen-bond acceptors (Lipinski definition) is 2. The van der Waals surface area contributed by atoms with Crippen molar-refractivity contribution in [3.8, 4) is 0 Å². The highest BCUT2D eigenvalue weighted by Gasteiger charge is 1.97. The van der Waals surface area contributed by atoms with E-state index in [1.54, 1.807) is 6.20 Å². The van der Waals surface area contributed by atoms with Crippen molar-refractivity contribution in [3.63, 3.8) is 0 Å². The smallest absolute Gasteiger partial charge is 0.170 e. The Bertz CT molecular complexity index is 467. The second-order valence-corrected chi connectivity index (χ2v) is 4.29. The van der Waals surface area contributed by atoms with Gasteiger partial charge in [0.1, 0.15) is 5.82 Å². The van der Waals surface area contributed by atoms with Crippen LogP contribution in [0.1, 0.15) is 12.2 Å². The second-order valence-electron chi connectivity index (χ2n) is 3.89. The normalized spacial score (nSPS) is 10.0. The van der Waals surface area contributed by atoms with Crippen LogP contribution in [-0.4, -0.2) is 21.6 Å². The Hall–Kier alpha value is -1.88. The first kappa shape index (κ1) is 12.6. The maximum Gasteiger partial charge on any atom is 0.170 e. The Morgan fingerprint density at radius 1 is 1.28 bits per heavy atom. The van der Waals surface area contributed by atoms with Gasteiger partial charge in [-0.2, -0.15) is 0 Å². The molecule has 0 spiro atoms. The van der Waals surface area contributed by atoms with Crippen molar-refractivity contribution in [2.75, 3.05) is 11.9 Å². The molecule has 0 bridgehead atoms. The molecule has 1 aromatic carbocycles. The van der Waals surface area contributed by atoms with Gasteiger partial charge in [-0.1, -0.05) is 18.2 Å². The molecule has 0 saturated carbocycles. The van der Waals surface area contributed by atoms with Gasteiger partial charge >= 0.3 is 0 Å². The van der Waals surface area contributed by atoms with Crippen molar-refractivity contribution in [2.45, 2.75) is 12.8 Å². The monoisotopic (exact) mass is 260 g/mol. The summed E-state index contributed by atoms with van der Waals surface area (Å²) in [6.07, 6.45) is 5.52. The van der Waals surface area contributed by atoms with Crippen LogP contribution in [0.2, 0.25) is 0 Å². The molecule has 94 valence electrons. The molecule has 0 unspecified atom stereocenters. The minimum atomic E-state index is 0.653. The largest absolute Gasteiger partial charge is 0.362 e. The lowest BCUT2D eigenvalue weighted by molar-refractivity contribution is 0.751. The quantitative estimate of drug-likeness (QED) is 0.570. The molecule has 0 aliphatic carbocycles. The molecule has 2 rings (SSSR count). The topological polar surface area (TPSA) is 52.7 Å². The van der Waals surface area contributed by atoms with Crippen LogP contribution in [0.25, 0.3) is 0 Å². The zero-order valence-electron chi connectivity index (χ0n) is 10.0. The Balaban J connectivity index is 1.63. The van der Waals surface area contributed by atoms with E-state index in [0.717, 1.165) is 30.9 Å². The molecule has 0 saturated heterocycles. The summed E-state index contributed by atoms with van der Waals surface area (Å²) in [6.45, 7) is 0.833. The van der Waals surface area contributed by atoms with Gasteiger partial charge in [0, 0.05) is 31.0 Å². The molecule has 4 nitrogen and oxygen atoms in total. The van der Waals surface area contributed by atoms with Crippen molar-refractivity contribution in [1.29, 1.82) is 0 Å². The molecule has 18 heavy (non-hydrogen) atoms. The summed E-state index contributed by atoms with van der Waals surface area (Å²) in [6, 6.07) is 9.89. The van der Waals surface area contributed by atoms with Gasteiger partial charge in [-0.15, -0.1) is 0 Å². The predicted molar refractivity (Wildman–Crippen MR) is 77.6 cm³/mol. The van der Waals surface area contributed by atoms with Crippen molar-refractivity contribution in [1.82, 2.24) is 15.3 Å².